The minimum atomic E-state index is -0.713. The maximum absolute atomic E-state index is 11.1. The Labute approximate surface area is 84.8 Å². The van der Waals surface area contributed by atoms with Gasteiger partial charge in [-0.05, 0) is 17.7 Å². The van der Waals surface area contributed by atoms with E-state index in [0.717, 1.165) is 0 Å². The highest BCUT2D eigenvalue weighted by molar-refractivity contribution is 6.30. The molecule has 0 spiro atoms. The first-order valence-corrected chi connectivity index (χ1v) is 4.32. The minimum Gasteiger partial charge on any atom is -0.374 e. The van der Waals surface area contributed by atoms with Crippen molar-refractivity contribution in [2.24, 2.45) is 0 Å². The third kappa shape index (κ3) is 1.56. The van der Waals surface area contributed by atoms with Crippen LogP contribution in [-0.4, -0.2) is 12.1 Å². The number of rotatable bonds is 1. The highest BCUT2D eigenvalue weighted by Gasteiger charge is 2.33. The van der Waals surface area contributed by atoms with Crippen molar-refractivity contribution >= 4 is 23.7 Å². The maximum atomic E-state index is 11.1. The fourth-order valence-corrected chi connectivity index (χ4v) is 1.36. The Hall–Kier alpha value is -1.55. The zero-order valence-corrected chi connectivity index (χ0v) is 7.75. The van der Waals surface area contributed by atoms with E-state index >= 15 is 0 Å². The number of halogens is 1. The molecule has 1 fully saturated rings. The van der Waals surface area contributed by atoms with Crippen LogP contribution in [0.25, 0.3) is 0 Å². The number of hydrogen-bond acceptors (Lipinski definition) is 3. The quantitative estimate of drug-likeness (QED) is 0.568. The number of alkyl carbamates (subject to hydrolysis) is 1. The first-order chi connectivity index (χ1) is 6.66. The van der Waals surface area contributed by atoms with E-state index in [1.165, 1.54) is 0 Å². The Morgan fingerprint density at radius 1 is 1.21 bits per heavy atom. The molecule has 0 bridgehead atoms. The lowest BCUT2D eigenvalue weighted by atomic mass is 10.1. The van der Waals surface area contributed by atoms with Crippen molar-refractivity contribution in [2.75, 3.05) is 0 Å². The first kappa shape index (κ1) is 9.02. The van der Waals surface area contributed by atoms with Gasteiger partial charge in [-0.15, -0.1) is 0 Å². The summed E-state index contributed by atoms with van der Waals surface area (Å²) in [6, 6.07) is 5.92. The van der Waals surface area contributed by atoms with Gasteiger partial charge in [0.1, 0.15) is 0 Å². The molecule has 72 valence electrons. The molecule has 1 saturated heterocycles. The normalized spacial score (nSPS) is 20.5. The summed E-state index contributed by atoms with van der Waals surface area (Å²) in [5, 5.41) is 2.96. The molecule has 1 aliphatic heterocycles. The minimum absolute atomic E-state index is 0.575. The monoisotopic (exact) mass is 211 g/mol. The Kier molecular flexibility index (Phi) is 2.13. The molecule has 1 heterocycles. The van der Waals surface area contributed by atoms with Gasteiger partial charge in [0.05, 0.1) is 0 Å². The van der Waals surface area contributed by atoms with Crippen molar-refractivity contribution < 1.29 is 14.3 Å². The van der Waals surface area contributed by atoms with Crippen LogP contribution in [0.5, 0.6) is 0 Å². The van der Waals surface area contributed by atoms with E-state index in [4.69, 9.17) is 11.6 Å². The van der Waals surface area contributed by atoms with Crippen molar-refractivity contribution in [1.82, 2.24) is 5.32 Å². The fourth-order valence-electron chi connectivity index (χ4n) is 1.23. The molecule has 0 radical (unpaired) electrons. The van der Waals surface area contributed by atoms with Gasteiger partial charge in [0.15, 0.2) is 6.04 Å². The summed E-state index contributed by atoms with van der Waals surface area (Å²) in [6.45, 7) is 0. The van der Waals surface area contributed by atoms with E-state index in [2.05, 4.69) is 10.1 Å². The molecule has 14 heavy (non-hydrogen) atoms. The molecule has 0 aromatic heterocycles. The number of esters is 1. The highest BCUT2D eigenvalue weighted by Crippen LogP contribution is 2.21. The predicted molar refractivity (Wildman–Crippen MR) is 48.8 cm³/mol. The Balaban J connectivity index is 2.27. The van der Waals surface area contributed by atoms with Crippen molar-refractivity contribution in [3.8, 4) is 0 Å². The largest absolute Gasteiger partial charge is 0.415 e. The van der Waals surface area contributed by atoms with E-state index < -0.39 is 18.1 Å². The van der Waals surface area contributed by atoms with Gasteiger partial charge in [-0.1, -0.05) is 23.7 Å². The van der Waals surface area contributed by atoms with Gasteiger partial charge in [0.2, 0.25) is 0 Å². The summed E-state index contributed by atoms with van der Waals surface area (Å²) in [4.78, 5) is 21.9. The van der Waals surface area contributed by atoms with E-state index in [1.807, 2.05) is 0 Å². The molecule has 0 saturated carbocycles. The Morgan fingerprint density at radius 2 is 1.86 bits per heavy atom. The average Bonchev–Trinajstić information content (AvgIpc) is 2.47. The number of nitrogens with one attached hydrogen (secondary N) is 1. The van der Waals surface area contributed by atoms with Crippen molar-refractivity contribution in [2.45, 2.75) is 6.04 Å². The molecule has 1 unspecified atom stereocenters. The summed E-state index contributed by atoms with van der Waals surface area (Å²) in [7, 11) is 0. The molecular formula is C9H6ClNO3. The van der Waals surface area contributed by atoms with Crippen molar-refractivity contribution in [1.29, 1.82) is 0 Å². The van der Waals surface area contributed by atoms with Crippen LogP contribution in [0.1, 0.15) is 11.6 Å². The van der Waals surface area contributed by atoms with Crippen LogP contribution >= 0.6 is 11.6 Å². The Bertz CT molecular complexity index is 388. The molecule has 1 N–H and O–H groups in total. The summed E-state index contributed by atoms with van der Waals surface area (Å²) < 4.78 is 4.34. The van der Waals surface area contributed by atoms with Crippen LogP contribution in [-0.2, 0) is 9.53 Å². The van der Waals surface area contributed by atoms with E-state index in [9.17, 15) is 9.59 Å². The van der Waals surface area contributed by atoms with Crippen LogP contribution in [0.2, 0.25) is 5.02 Å². The topological polar surface area (TPSA) is 55.4 Å². The standard InChI is InChI=1S/C9H6ClNO3/c10-6-3-1-5(2-4-6)7-8(12)14-9(13)11-7/h1-4,7H,(H,11,13). The lowest BCUT2D eigenvalue weighted by molar-refractivity contribution is -0.135. The van der Waals surface area contributed by atoms with Crippen LogP contribution in [0.3, 0.4) is 0 Å². The second-order valence-electron chi connectivity index (χ2n) is 2.84. The van der Waals surface area contributed by atoms with Gasteiger partial charge >= 0.3 is 12.1 Å². The maximum Gasteiger partial charge on any atom is 0.415 e. The molecule has 1 aromatic carbocycles. The number of cyclic esters (lactones) is 2. The third-order valence-corrected chi connectivity index (χ3v) is 2.15. The number of ether oxygens (including phenoxy) is 1. The first-order valence-electron chi connectivity index (χ1n) is 3.94. The predicted octanol–water partition coefficient (Wildman–Crippen LogP) is 1.65. The molecular weight excluding hydrogens is 206 g/mol. The molecule has 2 rings (SSSR count). The summed E-state index contributed by atoms with van der Waals surface area (Å²) in [6.07, 6.45) is -0.713. The summed E-state index contributed by atoms with van der Waals surface area (Å²) in [5.74, 6) is -0.586. The number of carbonyl (C=O) groups is 2. The zero-order valence-electron chi connectivity index (χ0n) is 6.99. The smallest absolute Gasteiger partial charge is 0.374 e. The molecule has 5 heteroatoms. The summed E-state index contributed by atoms with van der Waals surface area (Å²) >= 11 is 5.68. The van der Waals surface area contributed by atoms with Gasteiger partial charge in [-0.2, -0.15) is 0 Å². The van der Waals surface area contributed by atoms with Gasteiger partial charge < -0.3 is 10.1 Å². The molecule has 1 amide bonds. The number of carbonyl (C=O) groups excluding carboxylic acids is 2. The van der Waals surface area contributed by atoms with E-state index in [0.29, 0.717) is 10.6 Å². The molecule has 1 aliphatic rings. The molecule has 1 aromatic rings. The van der Waals surface area contributed by atoms with E-state index in [-0.39, 0.29) is 0 Å². The zero-order chi connectivity index (χ0) is 10.1. The van der Waals surface area contributed by atoms with Crippen molar-refractivity contribution in [3.63, 3.8) is 0 Å². The lowest BCUT2D eigenvalue weighted by Crippen LogP contribution is -2.19. The second kappa shape index (κ2) is 3.31. The van der Waals surface area contributed by atoms with Crippen LogP contribution in [0, 0.1) is 0 Å². The van der Waals surface area contributed by atoms with Crippen LogP contribution in [0.15, 0.2) is 24.3 Å². The van der Waals surface area contributed by atoms with Gasteiger partial charge in [-0.3, -0.25) is 0 Å². The summed E-state index contributed by atoms with van der Waals surface area (Å²) in [5.41, 5.74) is 0.658. The number of amides is 1. The average molecular weight is 212 g/mol. The highest BCUT2D eigenvalue weighted by atomic mass is 35.5. The fraction of sp³-hybridized carbons (Fsp3) is 0.111. The van der Waals surface area contributed by atoms with Crippen LogP contribution < -0.4 is 5.32 Å². The van der Waals surface area contributed by atoms with Crippen LogP contribution in [0.4, 0.5) is 4.79 Å². The third-order valence-electron chi connectivity index (χ3n) is 1.89. The second-order valence-corrected chi connectivity index (χ2v) is 3.27. The Morgan fingerprint density at radius 3 is 2.36 bits per heavy atom. The SMILES string of the molecule is O=C1NC(c2ccc(Cl)cc2)C(=O)O1. The molecule has 1 atom stereocenters. The number of hydrogen-bond donors (Lipinski definition) is 1. The molecule has 0 aliphatic carbocycles. The van der Waals surface area contributed by atoms with Gasteiger partial charge in [-0.25, -0.2) is 9.59 Å². The van der Waals surface area contributed by atoms with Gasteiger partial charge in [0, 0.05) is 5.02 Å². The lowest BCUT2D eigenvalue weighted by Gasteiger charge is -2.04. The van der Waals surface area contributed by atoms with Gasteiger partial charge in [0.25, 0.3) is 0 Å². The van der Waals surface area contributed by atoms with Crippen molar-refractivity contribution in [3.05, 3.63) is 34.9 Å². The number of benzene rings is 1. The molecule has 4 nitrogen and oxygen atoms in total. The van der Waals surface area contributed by atoms with E-state index in [1.54, 1.807) is 24.3 Å².